The van der Waals surface area contributed by atoms with Crippen LogP contribution in [0.5, 0.6) is 0 Å². The monoisotopic (exact) mass is 277 g/mol. The van der Waals surface area contributed by atoms with E-state index in [1.807, 2.05) is 12.4 Å². The van der Waals surface area contributed by atoms with E-state index in [1.54, 1.807) is 0 Å². The van der Waals surface area contributed by atoms with Crippen LogP contribution < -0.4 is 5.32 Å². The van der Waals surface area contributed by atoms with Gasteiger partial charge >= 0.3 is 0 Å². The zero-order valence-electron chi connectivity index (χ0n) is 13.8. The Morgan fingerprint density at radius 2 is 1.95 bits per heavy atom. The molecule has 1 rings (SSSR count). The van der Waals surface area contributed by atoms with Crippen LogP contribution >= 0.6 is 0 Å². The van der Waals surface area contributed by atoms with Crippen LogP contribution in [0.2, 0.25) is 0 Å². The summed E-state index contributed by atoms with van der Waals surface area (Å²) >= 11 is 0. The SMILES string of the molecule is CCC(C)(CNCC(C)C)CN(C)Cc1ccncc1. The third-order valence-electron chi connectivity index (χ3n) is 3.81. The van der Waals surface area contributed by atoms with Gasteiger partial charge in [0.2, 0.25) is 0 Å². The highest BCUT2D eigenvalue weighted by atomic mass is 15.1. The fraction of sp³-hybridized carbons (Fsp3) is 0.706. The van der Waals surface area contributed by atoms with Crippen LogP contribution in [0.3, 0.4) is 0 Å². The Balaban J connectivity index is 2.45. The van der Waals surface area contributed by atoms with E-state index in [-0.39, 0.29) is 0 Å². The van der Waals surface area contributed by atoms with Crippen molar-refractivity contribution < 1.29 is 0 Å². The Morgan fingerprint density at radius 1 is 1.30 bits per heavy atom. The number of nitrogens with zero attached hydrogens (tertiary/aromatic N) is 2. The van der Waals surface area contributed by atoms with Gasteiger partial charge in [0.15, 0.2) is 0 Å². The van der Waals surface area contributed by atoms with Gasteiger partial charge in [-0.05, 0) is 49.0 Å². The standard InChI is InChI=1S/C17H31N3/c1-6-17(4,13-19-11-15(2)3)14-20(5)12-16-7-9-18-10-8-16/h7-10,15,19H,6,11-14H2,1-5H3. The molecular formula is C17H31N3. The number of hydrogen-bond donors (Lipinski definition) is 1. The number of aromatic nitrogens is 1. The van der Waals surface area contributed by atoms with E-state index < -0.39 is 0 Å². The Hall–Kier alpha value is -0.930. The molecule has 0 aliphatic heterocycles. The normalized spacial score (nSPS) is 14.8. The first-order chi connectivity index (χ1) is 9.45. The molecule has 0 aromatic carbocycles. The quantitative estimate of drug-likeness (QED) is 0.751. The Bertz CT molecular complexity index is 364. The highest BCUT2D eigenvalue weighted by Crippen LogP contribution is 2.22. The van der Waals surface area contributed by atoms with Crippen molar-refractivity contribution in [3.63, 3.8) is 0 Å². The van der Waals surface area contributed by atoms with Gasteiger partial charge in [-0.25, -0.2) is 0 Å². The third-order valence-corrected chi connectivity index (χ3v) is 3.81. The molecule has 0 bridgehead atoms. The van der Waals surface area contributed by atoms with Crippen LogP contribution in [-0.4, -0.2) is 36.6 Å². The second kappa shape index (κ2) is 8.38. The number of rotatable bonds is 9. The van der Waals surface area contributed by atoms with Gasteiger partial charge in [0.1, 0.15) is 0 Å². The lowest BCUT2D eigenvalue weighted by molar-refractivity contribution is 0.174. The molecule has 1 aromatic rings. The summed E-state index contributed by atoms with van der Waals surface area (Å²) in [5.74, 6) is 0.714. The molecule has 1 heterocycles. The van der Waals surface area contributed by atoms with E-state index in [4.69, 9.17) is 0 Å². The van der Waals surface area contributed by atoms with Crippen LogP contribution in [0.4, 0.5) is 0 Å². The topological polar surface area (TPSA) is 28.2 Å². The number of nitrogens with one attached hydrogen (secondary N) is 1. The molecule has 0 amide bonds. The Labute approximate surface area is 124 Å². The minimum Gasteiger partial charge on any atom is -0.316 e. The summed E-state index contributed by atoms with van der Waals surface area (Å²) in [6, 6.07) is 4.19. The average Bonchev–Trinajstić information content (AvgIpc) is 2.39. The first kappa shape index (κ1) is 17.1. The van der Waals surface area contributed by atoms with Crippen LogP contribution in [-0.2, 0) is 6.54 Å². The highest BCUT2D eigenvalue weighted by molar-refractivity contribution is 5.09. The molecule has 20 heavy (non-hydrogen) atoms. The predicted molar refractivity (Wildman–Crippen MR) is 86.7 cm³/mol. The van der Waals surface area contributed by atoms with E-state index in [9.17, 15) is 0 Å². The molecule has 0 saturated heterocycles. The van der Waals surface area contributed by atoms with Gasteiger partial charge in [0, 0.05) is 32.0 Å². The van der Waals surface area contributed by atoms with Crippen molar-refractivity contribution in [2.75, 3.05) is 26.7 Å². The van der Waals surface area contributed by atoms with Gasteiger partial charge in [0.25, 0.3) is 0 Å². The Kier molecular flexibility index (Phi) is 7.17. The molecule has 114 valence electrons. The molecule has 3 nitrogen and oxygen atoms in total. The molecule has 1 atom stereocenters. The third kappa shape index (κ3) is 6.49. The van der Waals surface area contributed by atoms with Crippen LogP contribution in [0.15, 0.2) is 24.5 Å². The van der Waals surface area contributed by atoms with Crippen molar-refractivity contribution in [1.82, 2.24) is 15.2 Å². The summed E-state index contributed by atoms with van der Waals surface area (Å²) < 4.78 is 0. The van der Waals surface area contributed by atoms with E-state index in [1.165, 1.54) is 12.0 Å². The smallest absolute Gasteiger partial charge is 0.0271 e. The molecule has 3 heteroatoms. The van der Waals surface area contributed by atoms with Crippen molar-refractivity contribution in [2.45, 2.75) is 40.7 Å². The van der Waals surface area contributed by atoms with Gasteiger partial charge < -0.3 is 10.2 Å². The lowest BCUT2D eigenvalue weighted by Crippen LogP contribution is -2.41. The molecular weight excluding hydrogens is 246 g/mol. The molecule has 0 radical (unpaired) electrons. The summed E-state index contributed by atoms with van der Waals surface area (Å²) in [5.41, 5.74) is 1.66. The summed E-state index contributed by atoms with van der Waals surface area (Å²) in [6.07, 6.45) is 4.93. The van der Waals surface area contributed by atoms with Crippen molar-refractivity contribution in [2.24, 2.45) is 11.3 Å². The van der Waals surface area contributed by atoms with Crippen molar-refractivity contribution >= 4 is 0 Å². The van der Waals surface area contributed by atoms with E-state index in [0.717, 1.165) is 26.2 Å². The van der Waals surface area contributed by atoms with Crippen molar-refractivity contribution in [1.29, 1.82) is 0 Å². The molecule has 1 aromatic heterocycles. The lowest BCUT2D eigenvalue weighted by Gasteiger charge is -2.33. The van der Waals surface area contributed by atoms with Crippen molar-refractivity contribution in [3.8, 4) is 0 Å². The molecule has 1 unspecified atom stereocenters. The second-order valence-corrected chi connectivity index (χ2v) is 6.72. The summed E-state index contributed by atoms with van der Waals surface area (Å²) in [5, 5.41) is 3.61. The number of hydrogen-bond acceptors (Lipinski definition) is 3. The average molecular weight is 277 g/mol. The minimum atomic E-state index is 0.330. The summed E-state index contributed by atoms with van der Waals surface area (Å²) in [7, 11) is 2.21. The zero-order chi connectivity index (χ0) is 15.0. The van der Waals surface area contributed by atoms with E-state index >= 15 is 0 Å². The molecule has 0 spiro atoms. The maximum Gasteiger partial charge on any atom is 0.0271 e. The molecule has 0 aliphatic rings. The van der Waals surface area contributed by atoms with Gasteiger partial charge in [-0.3, -0.25) is 4.98 Å². The van der Waals surface area contributed by atoms with Gasteiger partial charge in [-0.2, -0.15) is 0 Å². The van der Waals surface area contributed by atoms with Gasteiger partial charge in [-0.15, -0.1) is 0 Å². The van der Waals surface area contributed by atoms with Gasteiger partial charge in [-0.1, -0.05) is 27.7 Å². The van der Waals surface area contributed by atoms with Crippen molar-refractivity contribution in [3.05, 3.63) is 30.1 Å². The van der Waals surface area contributed by atoms with E-state index in [0.29, 0.717) is 11.3 Å². The highest BCUT2D eigenvalue weighted by Gasteiger charge is 2.23. The number of pyridine rings is 1. The summed E-state index contributed by atoms with van der Waals surface area (Å²) in [4.78, 5) is 6.48. The first-order valence-corrected chi connectivity index (χ1v) is 7.73. The molecule has 0 saturated carbocycles. The second-order valence-electron chi connectivity index (χ2n) is 6.72. The predicted octanol–water partition coefficient (Wildman–Crippen LogP) is 3.18. The molecule has 0 aliphatic carbocycles. The van der Waals surface area contributed by atoms with Gasteiger partial charge in [0.05, 0.1) is 0 Å². The van der Waals surface area contributed by atoms with Crippen LogP contribution in [0.25, 0.3) is 0 Å². The largest absolute Gasteiger partial charge is 0.316 e. The Morgan fingerprint density at radius 3 is 2.50 bits per heavy atom. The van der Waals surface area contributed by atoms with E-state index in [2.05, 4.69) is 62.1 Å². The van der Waals surface area contributed by atoms with Crippen LogP contribution in [0, 0.1) is 11.3 Å². The zero-order valence-corrected chi connectivity index (χ0v) is 13.8. The fourth-order valence-corrected chi connectivity index (χ4v) is 2.46. The van der Waals surface area contributed by atoms with Crippen LogP contribution in [0.1, 0.15) is 39.7 Å². The first-order valence-electron chi connectivity index (χ1n) is 7.73. The lowest BCUT2D eigenvalue weighted by atomic mass is 9.86. The minimum absolute atomic E-state index is 0.330. The summed E-state index contributed by atoms with van der Waals surface area (Å²) in [6.45, 7) is 13.5. The molecule has 0 fully saturated rings. The molecule has 1 N–H and O–H groups in total. The maximum atomic E-state index is 4.07. The maximum absolute atomic E-state index is 4.07. The fourth-order valence-electron chi connectivity index (χ4n) is 2.46.